The molecule has 19 heavy (non-hydrogen) atoms. The molecule has 0 aliphatic heterocycles. The van der Waals surface area contributed by atoms with Crippen molar-refractivity contribution in [1.29, 1.82) is 0 Å². The van der Waals surface area contributed by atoms with Gasteiger partial charge in [-0.3, -0.25) is 0 Å². The predicted octanol–water partition coefficient (Wildman–Crippen LogP) is 0.522. The van der Waals surface area contributed by atoms with Gasteiger partial charge in [0, 0.05) is 11.9 Å². The second-order valence-corrected chi connectivity index (χ2v) is 5.94. The summed E-state index contributed by atoms with van der Waals surface area (Å²) in [5, 5.41) is 8.91. The molecule has 0 unspecified atom stereocenters. The van der Waals surface area contributed by atoms with Crippen LogP contribution in [0.5, 0.6) is 0 Å². The minimum absolute atomic E-state index is 0.0505. The molecule has 0 radical (unpaired) electrons. The van der Waals surface area contributed by atoms with Gasteiger partial charge < -0.3 is 10.1 Å². The Morgan fingerprint density at radius 1 is 1.21 bits per heavy atom. The molecule has 0 aliphatic carbocycles. The van der Waals surface area contributed by atoms with Crippen LogP contribution in [-0.4, -0.2) is 23.5 Å². The molecule has 6 nitrogen and oxygen atoms in total. The fourth-order valence-corrected chi connectivity index (χ4v) is 2.69. The standard InChI is InChI=1S/C12H15N3O3S/c16-7-10-1-3-11(4-2-10)8-19(17,18)15-6-12-5-13-9-14-12/h1-5,9,15-16H,6-8H2,(H,13,14). The lowest BCUT2D eigenvalue weighted by Gasteiger charge is -2.06. The second kappa shape index (κ2) is 5.96. The number of benzene rings is 1. The van der Waals surface area contributed by atoms with Crippen molar-refractivity contribution in [3.8, 4) is 0 Å². The molecule has 0 aliphatic rings. The van der Waals surface area contributed by atoms with Gasteiger partial charge in [-0.05, 0) is 11.1 Å². The van der Waals surface area contributed by atoms with Crippen LogP contribution >= 0.6 is 0 Å². The van der Waals surface area contributed by atoms with Gasteiger partial charge in [0.05, 0.1) is 25.2 Å². The van der Waals surface area contributed by atoms with Crippen molar-refractivity contribution < 1.29 is 13.5 Å². The summed E-state index contributed by atoms with van der Waals surface area (Å²) in [4.78, 5) is 6.63. The predicted molar refractivity (Wildman–Crippen MR) is 70.4 cm³/mol. The van der Waals surface area contributed by atoms with E-state index in [4.69, 9.17) is 5.11 Å². The first-order chi connectivity index (χ1) is 9.09. The number of hydrogen-bond acceptors (Lipinski definition) is 4. The second-order valence-electron chi connectivity index (χ2n) is 4.13. The monoisotopic (exact) mass is 281 g/mol. The molecule has 7 heteroatoms. The van der Waals surface area contributed by atoms with E-state index in [0.717, 1.165) is 5.56 Å². The molecule has 0 atom stereocenters. The van der Waals surface area contributed by atoms with Crippen molar-refractivity contribution >= 4 is 10.0 Å². The van der Waals surface area contributed by atoms with E-state index in [2.05, 4.69) is 14.7 Å². The lowest BCUT2D eigenvalue weighted by atomic mass is 10.2. The maximum atomic E-state index is 11.9. The van der Waals surface area contributed by atoms with Crippen LogP contribution in [0.4, 0.5) is 0 Å². The number of rotatable bonds is 6. The van der Waals surface area contributed by atoms with E-state index in [1.807, 2.05) is 0 Å². The Labute approximate surface area is 111 Å². The summed E-state index contributed by atoms with van der Waals surface area (Å²) in [7, 11) is -3.39. The van der Waals surface area contributed by atoms with Gasteiger partial charge in [-0.2, -0.15) is 0 Å². The van der Waals surface area contributed by atoms with Crippen LogP contribution in [0.1, 0.15) is 16.8 Å². The molecule has 1 heterocycles. The Balaban J connectivity index is 1.96. The number of aromatic amines is 1. The highest BCUT2D eigenvalue weighted by Crippen LogP contribution is 2.08. The Hall–Kier alpha value is -1.70. The fraction of sp³-hybridized carbons (Fsp3) is 0.250. The molecule has 2 aromatic rings. The van der Waals surface area contributed by atoms with Crippen molar-refractivity contribution in [2.24, 2.45) is 0 Å². The molecule has 0 saturated heterocycles. The topological polar surface area (TPSA) is 95.1 Å². The summed E-state index contributed by atoms with van der Waals surface area (Å²) < 4.78 is 26.2. The van der Waals surface area contributed by atoms with Gasteiger partial charge in [-0.15, -0.1) is 0 Å². The first kappa shape index (κ1) is 13.7. The fourth-order valence-electron chi connectivity index (χ4n) is 1.58. The summed E-state index contributed by atoms with van der Waals surface area (Å²) in [6, 6.07) is 6.81. The van der Waals surface area contributed by atoms with Gasteiger partial charge in [0.2, 0.25) is 10.0 Å². The van der Waals surface area contributed by atoms with E-state index in [1.165, 1.54) is 6.33 Å². The summed E-state index contributed by atoms with van der Waals surface area (Å²) in [5.41, 5.74) is 2.14. The molecule has 0 saturated carbocycles. The Bertz CT molecular complexity index is 606. The minimum atomic E-state index is -3.39. The molecule has 2 rings (SSSR count). The Kier molecular flexibility index (Phi) is 4.31. The Morgan fingerprint density at radius 2 is 1.89 bits per heavy atom. The van der Waals surface area contributed by atoms with Gasteiger partial charge in [-0.1, -0.05) is 24.3 Å². The molecule has 0 bridgehead atoms. The van der Waals surface area contributed by atoms with Crippen LogP contribution in [0.15, 0.2) is 36.8 Å². The number of H-pyrrole nitrogens is 1. The lowest BCUT2D eigenvalue weighted by Crippen LogP contribution is -2.24. The molecule has 1 aromatic carbocycles. The average Bonchev–Trinajstić information content (AvgIpc) is 2.90. The van der Waals surface area contributed by atoms with Crippen molar-refractivity contribution in [3.63, 3.8) is 0 Å². The number of aliphatic hydroxyl groups is 1. The Morgan fingerprint density at radius 3 is 2.47 bits per heavy atom. The SMILES string of the molecule is O=S(=O)(Cc1ccc(CO)cc1)NCc1cnc[nH]1. The molecular formula is C12H15N3O3S. The first-order valence-corrected chi connectivity index (χ1v) is 7.37. The molecule has 0 fully saturated rings. The minimum Gasteiger partial charge on any atom is -0.392 e. The van der Waals surface area contributed by atoms with Crippen LogP contribution in [0, 0.1) is 0 Å². The molecular weight excluding hydrogens is 266 g/mol. The summed E-state index contributed by atoms with van der Waals surface area (Å²) in [5.74, 6) is -0.0904. The summed E-state index contributed by atoms with van der Waals surface area (Å²) >= 11 is 0. The number of imidazole rings is 1. The van der Waals surface area contributed by atoms with Gasteiger partial charge in [0.15, 0.2) is 0 Å². The third-order valence-electron chi connectivity index (χ3n) is 2.60. The van der Waals surface area contributed by atoms with Crippen LogP contribution < -0.4 is 4.72 Å². The quantitative estimate of drug-likeness (QED) is 0.719. The highest BCUT2D eigenvalue weighted by atomic mass is 32.2. The first-order valence-electron chi connectivity index (χ1n) is 5.72. The average molecular weight is 281 g/mol. The zero-order chi connectivity index (χ0) is 13.7. The van der Waals surface area contributed by atoms with Crippen LogP contribution in [0.25, 0.3) is 0 Å². The van der Waals surface area contributed by atoms with Crippen molar-refractivity contribution in [2.75, 3.05) is 0 Å². The number of aliphatic hydroxyl groups excluding tert-OH is 1. The number of nitrogens with zero attached hydrogens (tertiary/aromatic N) is 1. The smallest absolute Gasteiger partial charge is 0.216 e. The van der Waals surface area contributed by atoms with Crippen LogP contribution in [0.2, 0.25) is 0 Å². The normalized spacial score (nSPS) is 11.6. The van der Waals surface area contributed by atoms with E-state index in [0.29, 0.717) is 11.3 Å². The maximum absolute atomic E-state index is 11.9. The molecule has 3 N–H and O–H groups in total. The van der Waals surface area contributed by atoms with Crippen molar-refractivity contribution in [3.05, 3.63) is 53.6 Å². The van der Waals surface area contributed by atoms with E-state index in [-0.39, 0.29) is 18.9 Å². The molecule has 1 aromatic heterocycles. The van der Waals surface area contributed by atoms with Gasteiger partial charge in [0.25, 0.3) is 0 Å². The van der Waals surface area contributed by atoms with E-state index >= 15 is 0 Å². The third-order valence-corrected chi connectivity index (χ3v) is 3.90. The van der Waals surface area contributed by atoms with Gasteiger partial charge in [0.1, 0.15) is 0 Å². The number of sulfonamides is 1. The third kappa shape index (κ3) is 4.16. The van der Waals surface area contributed by atoms with E-state index < -0.39 is 10.0 Å². The summed E-state index contributed by atoms with van der Waals surface area (Å²) in [6.07, 6.45) is 3.07. The van der Waals surface area contributed by atoms with Crippen LogP contribution in [0.3, 0.4) is 0 Å². The van der Waals surface area contributed by atoms with Crippen LogP contribution in [-0.2, 0) is 28.9 Å². The van der Waals surface area contributed by atoms with Gasteiger partial charge in [-0.25, -0.2) is 18.1 Å². The van der Waals surface area contributed by atoms with Gasteiger partial charge >= 0.3 is 0 Å². The highest BCUT2D eigenvalue weighted by Gasteiger charge is 2.11. The van der Waals surface area contributed by atoms with E-state index in [9.17, 15) is 8.42 Å². The van der Waals surface area contributed by atoms with Crippen molar-refractivity contribution in [2.45, 2.75) is 18.9 Å². The molecule has 0 amide bonds. The summed E-state index contributed by atoms with van der Waals surface area (Å²) in [6.45, 7) is 0.141. The lowest BCUT2D eigenvalue weighted by molar-refractivity contribution is 0.282. The van der Waals surface area contributed by atoms with Crippen molar-refractivity contribution in [1.82, 2.24) is 14.7 Å². The maximum Gasteiger partial charge on any atom is 0.216 e. The number of nitrogens with one attached hydrogen (secondary N) is 2. The van der Waals surface area contributed by atoms with E-state index in [1.54, 1.807) is 30.5 Å². The highest BCUT2D eigenvalue weighted by molar-refractivity contribution is 7.88. The molecule has 102 valence electrons. The largest absolute Gasteiger partial charge is 0.392 e. The number of aromatic nitrogens is 2. The molecule has 0 spiro atoms. The zero-order valence-electron chi connectivity index (χ0n) is 10.2. The number of hydrogen-bond donors (Lipinski definition) is 3. The zero-order valence-corrected chi connectivity index (χ0v) is 11.0.